The van der Waals surface area contributed by atoms with E-state index in [9.17, 15) is 4.79 Å². The number of carbonyl (C=O) groups is 1. The van der Waals surface area contributed by atoms with E-state index in [1.165, 1.54) is 13.4 Å². The lowest BCUT2D eigenvalue weighted by Crippen LogP contribution is -2.37. The van der Waals surface area contributed by atoms with Crippen molar-refractivity contribution in [1.82, 2.24) is 9.97 Å². The van der Waals surface area contributed by atoms with Gasteiger partial charge in [-0.15, -0.1) is 0 Å². The number of ether oxygens (including phenoxy) is 1. The van der Waals surface area contributed by atoms with Crippen LogP contribution in [-0.4, -0.2) is 36.1 Å². The number of halogens is 1. The molecule has 0 bridgehead atoms. The number of anilines is 4. The van der Waals surface area contributed by atoms with Crippen LogP contribution in [0.5, 0.6) is 0 Å². The molecule has 1 aromatic heterocycles. The summed E-state index contributed by atoms with van der Waals surface area (Å²) in [6.45, 7) is 1.39. The molecule has 0 saturated carbocycles. The summed E-state index contributed by atoms with van der Waals surface area (Å²) < 4.78 is 4.82. The topological polar surface area (TPSA) is 93.4 Å². The van der Waals surface area contributed by atoms with Crippen molar-refractivity contribution in [3.63, 3.8) is 0 Å². The fraction of sp³-hybridized carbons (Fsp3) is 0.353. The van der Waals surface area contributed by atoms with E-state index in [0.29, 0.717) is 35.4 Å². The average molecular weight is 362 g/mol. The van der Waals surface area contributed by atoms with Crippen LogP contribution in [-0.2, 0) is 9.53 Å². The average Bonchev–Trinajstić information content (AvgIpc) is 2.65. The Balaban J connectivity index is 1.73. The summed E-state index contributed by atoms with van der Waals surface area (Å²) in [5.74, 6) is 1.01. The van der Waals surface area contributed by atoms with Crippen LogP contribution in [0, 0.1) is 5.92 Å². The van der Waals surface area contributed by atoms with Gasteiger partial charge in [0.15, 0.2) is 11.6 Å². The standard InChI is InChI=1S/C17H20ClN5O2/c1-25-17(24)11-6-8-23(9-7-11)16-14(19)15(20-10-21-16)22-13-4-2-12(18)3-5-13/h2-5,10-11H,6-9,19H2,1H3,(H,20,21,22). The minimum absolute atomic E-state index is 0.0593. The maximum Gasteiger partial charge on any atom is 0.308 e. The fourth-order valence-electron chi connectivity index (χ4n) is 2.90. The highest BCUT2D eigenvalue weighted by atomic mass is 35.5. The van der Waals surface area contributed by atoms with Crippen molar-refractivity contribution >= 4 is 40.6 Å². The van der Waals surface area contributed by atoms with Crippen molar-refractivity contribution in [2.45, 2.75) is 12.8 Å². The first-order valence-corrected chi connectivity index (χ1v) is 8.42. The van der Waals surface area contributed by atoms with Crippen LogP contribution in [0.3, 0.4) is 0 Å². The third kappa shape index (κ3) is 3.93. The van der Waals surface area contributed by atoms with Gasteiger partial charge in [-0.25, -0.2) is 9.97 Å². The van der Waals surface area contributed by atoms with E-state index in [1.807, 2.05) is 12.1 Å². The predicted molar refractivity (Wildman–Crippen MR) is 98.1 cm³/mol. The number of rotatable bonds is 4. The van der Waals surface area contributed by atoms with E-state index in [2.05, 4.69) is 20.2 Å². The van der Waals surface area contributed by atoms with E-state index in [1.54, 1.807) is 12.1 Å². The number of nitrogen functional groups attached to an aromatic ring is 1. The van der Waals surface area contributed by atoms with Gasteiger partial charge in [-0.1, -0.05) is 11.6 Å². The van der Waals surface area contributed by atoms with Gasteiger partial charge in [0.05, 0.1) is 13.0 Å². The van der Waals surface area contributed by atoms with Crippen LogP contribution in [0.1, 0.15) is 12.8 Å². The highest BCUT2D eigenvalue weighted by molar-refractivity contribution is 6.30. The zero-order chi connectivity index (χ0) is 17.8. The lowest BCUT2D eigenvalue weighted by atomic mass is 9.97. The maximum atomic E-state index is 11.6. The quantitative estimate of drug-likeness (QED) is 0.808. The Labute approximate surface area is 151 Å². The molecule has 0 radical (unpaired) electrons. The Hall–Kier alpha value is -2.54. The molecule has 7 nitrogen and oxygen atoms in total. The van der Waals surface area contributed by atoms with Crippen molar-refractivity contribution in [2.75, 3.05) is 36.1 Å². The number of benzene rings is 1. The van der Waals surface area contributed by atoms with E-state index in [4.69, 9.17) is 22.1 Å². The van der Waals surface area contributed by atoms with Gasteiger partial charge in [0, 0.05) is 23.8 Å². The summed E-state index contributed by atoms with van der Waals surface area (Å²) in [5, 5.41) is 3.84. The van der Waals surface area contributed by atoms with E-state index >= 15 is 0 Å². The van der Waals surface area contributed by atoms with Gasteiger partial charge in [-0.3, -0.25) is 4.79 Å². The van der Waals surface area contributed by atoms with Crippen molar-refractivity contribution in [2.24, 2.45) is 5.92 Å². The zero-order valence-electron chi connectivity index (χ0n) is 13.9. The van der Waals surface area contributed by atoms with Crippen LogP contribution in [0.4, 0.5) is 23.0 Å². The Morgan fingerprint density at radius 1 is 1.28 bits per heavy atom. The molecule has 0 unspecified atom stereocenters. The van der Waals surface area contributed by atoms with Crippen LogP contribution in [0.15, 0.2) is 30.6 Å². The summed E-state index contributed by atoms with van der Waals surface area (Å²) >= 11 is 5.90. The number of nitrogens with two attached hydrogens (primary N) is 1. The second kappa shape index (κ2) is 7.57. The Morgan fingerprint density at radius 2 is 1.96 bits per heavy atom. The molecule has 0 amide bonds. The Kier molecular flexibility index (Phi) is 5.23. The highest BCUT2D eigenvalue weighted by Crippen LogP contribution is 2.31. The van der Waals surface area contributed by atoms with Gasteiger partial charge in [0.1, 0.15) is 12.0 Å². The third-order valence-corrected chi connectivity index (χ3v) is 4.55. The summed E-state index contributed by atoms with van der Waals surface area (Å²) in [5.41, 5.74) is 7.58. The summed E-state index contributed by atoms with van der Waals surface area (Å²) in [7, 11) is 1.42. The van der Waals surface area contributed by atoms with E-state index in [-0.39, 0.29) is 11.9 Å². The highest BCUT2D eigenvalue weighted by Gasteiger charge is 2.27. The molecule has 1 saturated heterocycles. The minimum Gasteiger partial charge on any atom is -0.469 e. The van der Waals surface area contributed by atoms with Crippen LogP contribution >= 0.6 is 11.6 Å². The van der Waals surface area contributed by atoms with Gasteiger partial charge in [-0.2, -0.15) is 0 Å². The first kappa shape index (κ1) is 17.3. The lowest BCUT2D eigenvalue weighted by molar-refractivity contribution is -0.146. The molecule has 1 aliphatic rings. The monoisotopic (exact) mass is 361 g/mol. The van der Waals surface area contributed by atoms with Crippen molar-refractivity contribution < 1.29 is 9.53 Å². The lowest BCUT2D eigenvalue weighted by Gasteiger charge is -2.32. The van der Waals surface area contributed by atoms with Crippen molar-refractivity contribution in [1.29, 1.82) is 0 Å². The van der Waals surface area contributed by atoms with Gasteiger partial charge >= 0.3 is 5.97 Å². The van der Waals surface area contributed by atoms with Gasteiger partial charge in [-0.05, 0) is 37.1 Å². The largest absolute Gasteiger partial charge is 0.469 e. The summed E-state index contributed by atoms with van der Waals surface area (Å²) in [6, 6.07) is 7.29. The number of carbonyl (C=O) groups excluding carboxylic acids is 1. The number of piperidine rings is 1. The SMILES string of the molecule is COC(=O)C1CCN(c2ncnc(Nc3ccc(Cl)cc3)c2N)CC1. The van der Waals surface area contributed by atoms with E-state index < -0.39 is 0 Å². The molecular formula is C17H20ClN5O2. The minimum atomic E-state index is -0.152. The van der Waals surface area contributed by atoms with Gasteiger partial charge in [0.2, 0.25) is 0 Å². The normalized spacial score (nSPS) is 15.0. The molecule has 1 aromatic carbocycles. The second-order valence-corrected chi connectivity index (χ2v) is 6.31. The number of hydrogen-bond donors (Lipinski definition) is 2. The summed E-state index contributed by atoms with van der Waals surface area (Å²) in [6.07, 6.45) is 2.92. The molecule has 25 heavy (non-hydrogen) atoms. The van der Waals surface area contributed by atoms with Crippen LogP contribution in [0.2, 0.25) is 5.02 Å². The smallest absolute Gasteiger partial charge is 0.308 e. The molecule has 2 heterocycles. The molecule has 0 atom stereocenters. The fourth-order valence-corrected chi connectivity index (χ4v) is 3.03. The van der Waals surface area contributed by atoms with Crippen molar-refractivity contribution in [3.05, 3.63) is 35.6 Å². The molecular weight excluding hydrogens is 342 g/mol. The molecule has 0 spiro atoms. The molecule has 0 aliphatic carbocycles. The Morgan fingerprint density at radius 3 is 2.60 bits per heavy atom. The van der Waals surface area contributed by atoms with E-state index in [0.717, 1.165) is 18.5 Å². The molecule has 1 aliphatic heterocycles. The number of hydrogen-bond acceptors (Lipinski definition) is 7. The van der Waals surface area contributed by atoms with Crippen molar-refractivity contribution in [3.8, 4) is 0 Å². The molecule has 132 valence electrons. The predicted octanol–water partition coefficient (Wildman–Crippen LogP) is 2.85. The number of methoxy groups -OCH3 is 1. The molecule has 3 N–H and O–H groups in total. The van der Waals surface area contributed by atoms with Crippen LogP contribution < -0.4 is 16.0 Å². The third-order valence-electron chi connectivity index (χ3n) is 4.30. The number of aromatic nitrogens is 2. The molecule has 8 heteroatoms. The first-order chi connectivity index (χ1) is 12.1. The number of esters is 1. The Bertz CT molecular complexity index is 745. The van der Waals surface area contributed by atoms with Gasteiger partial charge in [0.25, 0.3) is 0 Å². The zero-order valence-corrected chi connectivity index (χ0v) is 14.7. The maximum absolute atomic E-state index is 11.6. The van der Waals surface area contributed by atoms with Crippen LogP contribution in [0.25, 0.3) is 0 Å². The molecule has 1 fully saturated rings. The number of nitrogens with one attached hydrogen (secondary N) is 1. The number of nitrogens with zero attached hydrogens (tertiary/aromatic N) is 3. The van der Waals surface area contributed by atoms with Gasteiger partial charge < -0.3 is 20.7 Å². The second-order valence-electron chi connectivity index (χ2n) is 5.88. The molecule has 3 rings (SSSR count). The first-order valence-electron chi connectivity index (χ1n) is 8.04. The summed E-state index contributed by atoms with van der Waals surface area (Å²) in [4.78, 5) is 22.3. The molecule has 2 aromatic rings.